The summed E-state index contributed by atoms with van der Waals surface area (Å²) < 4.78 is 10.6. The zero-order valence-corrected chi connectivity index (χ0v) is 9.41. The van der Waals surface area contributed by atoms with Crippen molar-refractivity contribution in [1.82, 2.24) is 0 Å². The first-order valence-electron chi connectivity index (χ1n) is 4.90. The highest BCUT2D eigenvalue weighted by atomic mass is 35.5. The van der Waals surface area contributed by atoms with Gasteiger partial charge in [0.05, 0.1) is 12.9 Å². The lowest BCUT2D eigenvalue weighted by Gasteiger charge is -2.05. The Bertz CT molecular complexity index is 454. The summed E-state index contributed by atoms with van der Waals surface area (Å²) in [6.45, 7) is 0.882. The van der Waals surface area contributed by atoms with Gasteiger partial charge in [0, 0.05) is 10.7 Å². The van der Waals surface area contributed by atoms with Gasteiger partial charge in [-0.05, 0) is 29.8 Å². The molecule has 2 aromatic rings. The van der Waals surface area contributed by atoms with E-state index in [0.717, 1.165) is 11.3 Å². The van der Waals surface area contributed by atoms with Crippen LogP contribution in [0, 0.1) is 0 Å². The molecule has 84 valence electrons. The fraction of sp³-hybridized carbons (Fsp3) is 0.167. The van der Waals surface area contributed by atoms with Crippen molar-refractivity contribution in [2.75, 3.05) is 5.73 Å². The van der Waals surface area contributed by atoms with E-state index in [1.807, 2.05) is 18.2 Å². The highest BCUT2D eigenvalue weighted by molar-refractivity contribution is 6.31. The second-order valence-corrected chi connectivity index (χ2v) is 3.83. The van der Waals surface area contributed by atoms with Gasteiger partial charge in [0.2, 0.25) is 0 Å². The number of benzene rings is 1. The summed E-state index contributed by atoms with van der Waals surface area (Å²) in [4.78, 5) is 0. The Balaban J connectivity index is 1.90. The third-order valence-corrected chi connectivity index (χ3v) is 2.51. The number of ether oxygens (including phenoxy) is 1. The van der Waals surface area contributed by atoms with Gasteiger partial charge < -0.3 is 14.9 Å². The number of nitrogens with two attached hydrogens (primary N) is 1. The molecular formula is C12H12ClNO2. The molecule has 0 aliphatic heterocycles. The molecule has 0 unspecified atom stereocenters. The third-order valence-electron chi connectivity index (χ3n) is 2.16. The topological polar surface area (TPSA) is 48.4 Å². The van der Waals surface area contributed by atoms with Crippen LogP contribution in [-0.4, -0.2) is 0 Å². The van der Waals surface area contributed by atoms with Crippen molar-refractivity contribution in [2.45, 2.75) is 13.2 Å². The van der Waals surface area contributed by atoms with E-state index in [0.29, 0.717) is 23.9 Å². The van der Waals surface area contributed by atoms with Crippen LogP contribution in [0.5, 0.6) is 0 Å². The summed E-state index contributed by atoms with van der Waals surface area (Å²) in [5.74, 6) is 0.798. The molecule has 0 aliphatic carbocycles. The maximum Gasteiger partial charge on any atom is 0.129 e. The molecule has 1 heterocycles. The fourth-order valence-electron chi connectivity index (χ4n) is 1.34. The SMILES string of the molecule is Nc1ccc(COCc2ccco2)c(Cl)c1. The summed E-state index contributed by atoms with van der Waals surface area (Å²) in [5.41, 5.74) is 7.16. The van der Waals surface area contributed by atoms with E-state index in [-0.39, 0.29) is 0 Å². The zero-order chi connectivity index (χ0) is 11.4. The molecule has 0 spiro atoms. The van der Waals surface area contributed by atoms with E-state index < -0.39 is 0 Å². The van der Waals surface area contributed by atoms with Gasteiger partial charge in [0.15, 0.2) is 0 Å². The molecule has 4 heteroatoms. The highest BCUT2D eigenvalue weighted by Gasteiger charge is 2.02. The van der Waals surface area contributed by atoms with Crippen molar-refractivity contribution >= 4 is 17.3 Å². The van der Waals surface area contributed by atoms with Crippen LogP contribution in [0.15, 0.2) is 41.0 Å². The number of hydrogen-bond acceptors (Lipinski definition) is 3. The van der Waals surface area contributed by atoms with Gasteiger partial charge in [0.1, 0.15) is 12.4 Å². The van der Waals surface area contributed by atoms with Crippen LogP contribution in [0.2, 0.25) is 5.02 Å². The average molecular weight is 238 g/mol. The first kappa shape index (κ1) is 11.0. The second-order valence-electron chi connectivity index (χ2n) is 3.42. The number of furan rings is 1. The minimum Gasteiger partial charge on any atom is -0.467 e. The second kappa shape index (κ2) is 5.05. The van der Waals surface area contributed by atoms with E-state index in [2.05, 4.69) is 0 Å². The largest absolute Gasteiger partial charge is 0.467 e. The summed E-state index contributed by atoms with van der Waals surface area (Å²) in [7, 11) is 0. The first-order valence-corrected chi connectivity index (χ1v) is 5.27. The monoisotopic (exact) mass is 237 g/mol. The van der Waals surface area contributed by atoms with Crippen molar-refractivity contribution in [3.05, 3.63) is 52.9 Å². The molecule has 16 heavy (non-hydrogen) atoms. The van der Waals surface area contributed by atoms with E-state index in [9.17, 15) is 0 Å². The van der Waals surface area contributed by atoms with Crippen LogP contribution in [-0.2, 0) is 18.0 Å². The first-order chi connectivity index (χ1) is 7.75. The number of rotatable bonds is 4. The Morgan fingerprint density at radius 3 is 2.81 bits per heavy atom. The minimum atomic E-state index is 0.438. The minimum absolute atomic E-state index is 0.438. The van der Waals surface area contributed by atoms with Crippen molar-refractivity contribution < 1.29 is 9.15 Å². The van der Waals surface area contributed by atoms with E-state index in [4.69, 9.17) is 26.5 Å². The lowest BCUT2D eigenvalue weighted by molar-refractivity contribution is 0.0930. The Labute approximate surface area is 98.8 Å². The van der Waals surface area contributed by atoms with Gasteiger partial charge in [-0.2, -0.15) is 0 Å². The maximum absolute atomic E-state index is 6.01. The van der Waals surface area contributed by atoms with E-state index in [1.165, 1.54) is 0 Å². The van der Waals surface area contributed by atoms with Crippen LogP contribution < -0.4 is 5.73 Å². The van der Waals surface area contributed by atoms with Gasteiger partial charge >= 0.3 is 0 Å². The average Bonchev–Trinajstić information content (AvgIpc) is 2.74. The molecular weight excluding hydrogens is 226 g/mol. The highest BCUT2D eigenvalue weighted by Crippen LogP contribution is 2.20. The lowest BCUT2D eigenvalue weighted by Crippen LogP contribution is -1.95. The van der Waals surface area contributed by atoms with Gasteiger partial charge in [0.25, 0.3) is 0 Å². The molecule has 2 rings (SSSR count). The van der Waals surface area contributed by atoms with E-state index in [1.54, 1.807) is 18.4 Å². The van der Waals surface area contributed by atoms with Crippen LogP contribution >= 0.6 is 11.6 Å². The third kappa shape index (κ3) is 2.78. The molecule has 0 atom stereocenters. The Kier molecular flexibility index (Phi) is 3.49. The molecule has 1 aromatic carbocycles. The van der Waals surface area contributed by atoms with Gasteiger partial charge in [-0.25, -0.2) is 0 Å². The molecule has 0 bridgehead atoms. The molecule has 0 radical (unpaired) electrons. The predicted molar refractivity (Wildman–Crippen MR) is 63.1 cm³/mol. The summed E-state index contributed by atoms with van der Waals surface area (Å²) in [6, 6.07) is 9.07. The quantitative estimate of drug-likeness (QED) is 0.831. The molecule has 0 saturated heterocycles. The molecule has 0 fully saturated rings. The Morgan fingerprint density at radius 1 is 1.25 bits per heavy atom. The van der Waals surface area contributed by atoms with Crippen molar-refractivity contribution in [3.63, 3.8) is 0 Å². The van der Waals surface area contributed by atoms with Gasteiger partial charge in [-0.3, -0.25) is 0 Å². The Morgan fingerprint density at radius 2 is 2.12 bits per heavy atom. The zero-order valence-electron chi connectivity index (χ0n) is 8.65. The molecule has 1 aromatic heterocycles. The van der Waals surface area contributed by atoms with Crippen molar-refractivity contribution in [3.8, 4) is 0 Å². The standard InChI is InChI=1S/C12H12ClNO2/c13-12-6-10(14)4-3-9(12)7-15-8-11-2-1-5-16-11/h1-6H,7-8,14H2. The van der Waals surface area contributed by atoms with Gasteiger partial charge in [-0.15, -0.1) is 0 Å². The molecule has 0 aliphatic rings. The van der Waals surface area contributed by atoms with Crippen molar-refractivity contribution in [2.24, 2.45) is 0 Å². The van der Waals surface area contributed by atoms with Crippen LogP contribution in [0.3, 0.4) is 0 Å². The molecule has 0 saturated carbocycles. The van der Waals surface area contributed by atoms with Gasteiger partial charge in [-0.1, -0.05) is 17.7 Å². The summed E-state index contributed by atoms with van der Waals surface area (Å²) in [6.07, 6.45) is 1.62. The lowest BCUT2D eigenvalue weighted by atomic mass is 10.2. The number of nitrogen functional groups attached to an aromatic ring is 1. The van der Waals surface area contributed by atoms with Crippen LogP contribution in [0.4, 0.5) is 5.69 Å². The number of hydrogen-bond donors (Lipinski definition) is 1. The van der Waals surface area contributed by atoms with Crippen molar-refractivity contribution in [1.29, 1.82) is 0 Å². The normalized spacial score (nSPS) is 10.6. The van der Waals surface area contributed by atoms with Crippen LogP contribution in [0.25, 0.3) is 0 Å². The van der Waals surface area contributed by atoms with E-state index >= 15 is 0 Å². The number of halogens is 1. The number of anilines is 1. The molecule has 0 amide bonds. The summed E-state index contributed by atoms with van der Waals surface area (Å²) >= 11 is 6.01. The van der Waals surface area contributed by atoms with Crippen LogP contribution in [0.1, 0.15) is 11.3 Å². The Hall–Kier alpha value is -1.45. The molecule has 3 nitrogen and oxygen atoms in total. The summed E-state index contributed by atoms with van der Waals surface area (Å²) in [5, 5.41) is 0.624. The predicted octanol–water partition coefficient (Wildman–Crippen LogP) is 3.23. The maximum atomic E-state index is 6.01. The molecule has 2 N–H and O–H groups in total. The fourth-order valence-corrected chi connectivity index (χ4v) is 1.58. The smallest absolute Gasteiger partial charge is 0.129 e.